The van der Waals surface area contributed by atoms with Crippen molar-refractivity contribution in [1.29, 1.82) is 0 Å². The number of anilines is 3. The van der Waals surface area contributed by atoms with Crippen LogP contribution in [-0.2, 0) is 4.74 Å². The van der Waals surface area contributed by atoms with E-state index in [-0.39, 0.29) is 17.8 Å². The van der Waals surface area contributed by atoms with E-state index in [4.69, 9.17) is 9.26 Å². The summed E-state index contributed by atoms with van der Waals surface area (Å²) in [5.41, 5.74) is 2.95. The molecular weight excluding hydrogens is 463 g/mol. The molecule has 0 spiro atoms. The lowest BCUT2D eigenvalue weighted by atomic mass is 9.96. The number of nitrogens with zero attached hydrogens (tertiary/aromatic N) is 5. The Bertz CT molecular complexity index is 1230. The van der Waals surface area contributed by atoms with Gasteiger partial charge in [0.1, 0.15) is 29.2 Å². The second-order valence-corrected chi connectivity index (χ2v) is 10.2. The number of hydrogen-bond donors (Lipinski definition) is 1. The predicted octanol–water partition coefficient (Wildman–Crippen LogP) is 5.50. The number of halogens is 1. The molecule has 9 nitrogen and oxygen atoms in total. The number of amides is 1. The van der Waals surface area contributed by atoms with Crippen LogP contribution in [0.5, 0.6) is 0 Å². The van der Waals surface area contributed by atoms with E-state index in [1.54, 1.807) is 17.2 Å². The minimum Gasteiger partial charge on any atom is -0.444 e. The number of carbonyl (C=O) groups is 1. The quantitative estimate of drug-likeness (QED) is 0.494. The molecule has 1 amide bonds. The minimum atomic E-state index is -0.539. The average Bonchev–Trinajstić information content (AvgIpc) is 3.21. The molecule has 4 rings (SSSR count). The van der Waals surface area contributed by atoms with Crippen LogP contribution in [0.25, 0.3) is 11.1 Å². The van der Waals surface area contributed by atoms with Crippen LogP contribution in [-0.4, -0.2) is 57.9 Å². The molecule has 3 heterocycles. The zero-order chi connectivity index (χ0) is 26.0. The van der Waals surface area contributed by atoms with Crippen molar-refractivity contribution in [3.8, 4) is 11.1 Å². The van der Waals surface area contributed by atoms with E-state index in [0.29, 0.717) is 60.4 Å². The fourth-order valence-corrected chi connectivity index (χ4v) is 4.18. The summed E-state index contributed by atoms with van der Waals surface area (Å²) >= 11 is 0. The van der Waals surface area contributed by atoms with Crippen LogP contribution in [0.15, 0.2) is 35.2 Å². The van der Waals surface area contributed by atoms with Gasteiger partial charge in [-0.05, 0) is 45.9 Å². The number of aryl methyl sites for hydroxylation is 1. The Morgan fingerprint density at radius 2 is 1.89 bits per heavy atom. The number of ether oxygens (including phenoxy) is 1. The summed E-state index contributed by atoms with van der Waals surface area (Å²) in [7, 11) is 0. The van der Waals surface area contributed by atoms with Crippen molar-refractivity contribution in [2.75, 3.05) is 36.4 Å². The lowest BCUT2D eigenvalue weighted by Crippen LogP contribution is -2.50. The van der Waals surface area contributed by atoms with Gasteiger partial charge in [0.25, 0.3) is 0 Å². The molecule has 0 radical (unpaired) electrons. The predicted molar refractivity (Wildman–Crippen MR) is 136 cm³/mol. The van der Waals surface area contributed by atoms with Gasteiger partial charge in [0.05, 0.1) is 11.9 Å². The molecule has 1 saturated heterocycles. The number of carbonyl (C=O) groups excluding carboxylic acids is 1. The Balaban J connectivity index is 1.59. The molecular formula is C26H33FN6O3. The van der Waals surface area contributed by atoms with E-state index in [0.717, 1.165) is 5.56 Å². The number of benzene rings is 1. The Kier molecular flexibility index (Phi) is 7.14. The van der Waals surface area contributed by atoms with E-state index in [1.807, 2.05) is 41.5 Å². The molecule has 1 aliphatic heterocycles. The number of aromatic nitrogens is 3. The SMILES string of the molecule is Cc1noc(C(C)C)c1-c1cc(F)ccc1Nc1cncnc1N1CCN(C(=O)OC(C)(C)C)CC1. The van der Waals surface area contributed by atoms with Crippen molar-refractivity contribution in [2.24, 2.45) is 0 Å². The Hall–Kier alpha value is -3.69. The van der Waals surface area contributed by atoms with Gasteiger partial charge in [-0.2, -0.15) is 0 Å². The first-order chi connectivity index (χ1) is 17.0. The average molecular weight is 497 g/mol. The molecule has 10 heteroatoms. The van der Waals surface area contributed by atoms with E-state index < -0.39 is 5.60 Å². The summed E-state index contributed by atoms with van der Waals surface area (Å²) in [6.45, 7) is 13.6. The van der Waals surface area contributed by atoms with E-state index in [1.165, 1.54) is 18.5 Å². The highest BCUT2D eigenvalue weighted by Gasteiger charge is 2.28. The standard InChI is InChI=1S/C26H33FN6O3/c1-16(2)23-22(17(3)31-36-23)19-13-18(27)7-8-20(19)30-21-14-28-15-29-24(21)32-9-11-33(12-10-32)25(34)35-26(4,5)6/h7-8,13-16,30H,9-12H2,1-6H3. The summed E-state index contributed by atoms with van der Waals surface area (Å²) < 4.78 is 25.4. The first-order valence-corrected chi connectivity index (χ1v) is 12.1. The third-order valence-corrected chi connectivity index (χ3v) is 5.86. The van der Waals surface area contributed by atoms with Gasteiger partial charge in [-0.15, -0.1) is 0 Å². The molecule has 0 saturated carbocycles. The van der Waals surface area contributed by atoms with Crippen molar-refractivity contribution >= 4 is 23.3 Å². The van der Waals surface area contributed by atoms with Gasteiger partial charge in [0.15, 0.2) is 5.82 Å². The fraction of sp³-hybridized carbons (Fsp3) is 0.462. The van der Waals surface area contributed by atoms with Gasteiger partial charge in [0, 0.05) is 48.9 Å². The molecule has 3 aromatic rings. The summed E-state index contributed by atoms with van der Waals surface area (Å²) in [4.78, 5) is 25.0. The summed E-state index contributed by atoms with van der Waals surface area (Å²) in [6, 6.07) is 4.59. The highest BCUT2D eigenvalue weighted by atomic mass is 19.1. The Morgan fingerprint density at radius 3 is 2.56 bits per heavy atom. The minimum absolute atomic E-state index is 0.0780. The molecule has 1 aromatic carbocycles. The van der Waals surface area contributed by atoms with Gasteiger partial charge >= 0.3 is 6.09 Å². The molecule has 0 atom stereocenters. The molecule has 36 heavy (non-hydrogen) atoms. The summed E-state index contributed by atoms with van der Waals surface area (Å²) in [6.07, 6.45) is 2.87. The molecule has 1 aliphatic rings. The molecule has 0 unspecified atom stereocenters. The van der Waals surface area contributed by atoms with Gasteiger partial charge in [-0.3, -0.25) is 0 Å². The van der Waals surface area contributed by atoms with E-state index in [2.05, 4.69) is 25.3 Å². The molecule has 2 aromatic heterocycles. The van der Waals surface area contributed by atoms with Crippen LogP contribution in [0, 0.1) is 12.7 Å². The maximum atomic E-state index is 14.4. The van der Waals surface area contributed by atoms with Crippen molar-refractivity contribution in [1.82, 2.24) is 20.0 Å². The zero-order valence-corrected chi connectivity index (χ0v) is 21.6. The fourth-order valence-electron chi connectivity index (χ4n) is 4.18. The van der Waals surface area contributed by atoms with E-state index in [9.17, 15) is 9.18 Å². The van der Waals surface area contributed by atoms with Crippen LogP contribution >= 0.6 is 0 Å². The number of nitrogens with one attached hydrogen (secondary N) is 1. The maximum Gasteiger partial charge on any atom is 0.410 e. The monoisotopic (exact) mass is 496 g/mol. The summed E-state index contributed by atoms with van der Waals surface area (Å²) in [5.74, 6) is 1.13. The van der Waals surface area contributed by atoms with Gasteiger partial charge < -0.3 is 24.4 Å². The van der Waals surface area contributed by atoms with Crippen LogP contribution in [0.2, 0.25) is 0 Å². The Labute approximate surface area is 210 Å². The zero-order valence-electron chi connectivity index (χ0n) is 21.6. The van der Waals surface area contributed by atoms with Crippen molar-refractivity contribution in [3.63, 3.8) is 0 Å². The van der Waals surface area contributed by atoms with Gasteiger partial charge in [-0.1, -0.05) is 19.0 Å². The first kappa shape index (κ1) is 25.4. The second kappa shape index (κ2) is 10.1. The molecule has 1 fully saturated rings. The van der Waals surface area contributed by atoms with Crippen LogP contribution in [0.3, 0.4) is 0 Å². The lowest BCUT2D eigenvalue weighted by molar-refractivity contribution is 0.0240. The number of hydrogen-bond acceptors (Lipinski definition) is 8. The van der Waals surface area contributed by atoms with Crippen molar-refractivity contribution in [3.05, 3.63) is 48.0 Å². The molecule has 0 aliphatic carbocycles. The van der Waals surface area contributed by atoms with Crippen molar-refractivity contribution < 1.29 is 18.4 Å². The van der Waals surface area contributed by atoms with Gasteiger partial charge in [0.2, 0.25) is 0 Å². The summed E-state index contributed by atoms with van der Waals surface area (Å²) in [5, 5.41) is 7.53. The molecule has 0 bridgehead atoms. The normalized spacial score (nSPS) is 14.3. The second-order valence-electron chi connectivity index (χ2n) is 10.2. The third-order valence-electron chi connectivity index (χ3n) is 5.86. The largest absolute Gasteiger partial charge is 0.444 e. The first-order valence-electron chi connectivity index (χ1n) is 12.1. The maximum absolute atomic E-state index is 14.4. The number of rotatable bonds is 5. The molecule has 192 valence electrons. The van der Waals surface area contributed by atoms with Crippen LogP contribution in [0.1, 0.15) is 52.0 Å². The lowest BCUT2D eigenvalue weighted by Gasteiger charge is -2.36. The third kappa shape index (κ3) is 5.58. The Morgan fingerprint density at radius 1 is 1.17 bits per heavy atom. The molecule has 1 N–H and O–H groups in total. The smallest absolute Gasteiger partial charge is 0.410 e. The van der Waals surface area contributed by atoms with Crippen LogP contribution in [0.4, 0.5) is 26.4 Å². The topological polar surface area (TPSA) is 96.6 Å². The van der Waals surface area contributed by atoms with Gasteiger partial charge in [-0.25, -0.2) is 19.2 Å². The number of piperazine rings is 1. The van der Waals surface area contributed by atoms with E-state index >= 15 is 0 Å². The highest BCUT2D eigenvalue weighted by Crippen LogP contribution is 2.39. The highest BCUT2D eigenvalue weighted by molar-refractivity contribution is 5.85. The van der Waals surface area contributed by atoms with Crippen LogP contribution < -0.4 is 10.2 Å². The van der Waals surface area contributed by atoms with Crippen molar-refractivity contribution in [2.45, 2.75) is 53.1 Å².